The van der Waals surface area contributed by atoms with Gasteiger partial charge in [-0.2, -0.15) is 0 Å². The molecule has 38 heavy (non-hydrogen) atoms. The summed E-state index contributed by atoms with van der Waals surface area (Å²) in [6.07, 6.45) is 1.54. The molecule has 0 aliphatic carbocycles. The van der Waals surface area contributed by atoms with Crippen molar-refractivity contribution in [1.29, 1.82) is 0 Å². The quantitative estimate of drug-likeness (QED) is 0.453. The molecule has 1 aliphatic heterocycles. The Kier molecular flexibility index (Phi) is 9.92. The van der Waals surface area contributed by atoms with Gasteiger partial charge < -0.3 is 24.8 Å². The van der Waals surface area contributed by atoms with Crippen LogP contribution in [0.2, 0.25) is 0 Å². The Balaban J connectivity index is 1.57. The zero-order chi connectivity index (χ0) is 27.7. The molecule has 2 amide bonds. The number of esters is 1. The van der Waals surface area contributed by atoms with Crippen molar-refractivity contribution < 1.29 is 28.6 Å². The number of amides is 2. The van der Waals surface area contributed by atoms with Gasteiger partial charge in [-0.3, -0.25) is 9.69 Å². The van der Waals surface area contributed by atoms with Gasteiger partial charge in [0, 0.05) is 32.1 Å². The summed E-state index contributed by atoms with van der Waals surface area (Å²) >= 11 is 0. The van der Waals surface area contributed by atoms with E-state index in [0.717, 1.165) is 17.1 Å². The highest BCUT2D eigenvalue weighted by molar-refractivity contribution is 5.90. The molecule has 1 aromatic heterocycles. The number of carbonyl (C=O) groups is 3. The second-order valence-electron chi connectivity index (χ2n) is 10.1. The van der Waals surface area contributed by atoms with E-state index in [1.807, 2.05) is 49.5 Å². The van der Waals surface area contributed by atoms with Gasteiger partial charge in [-0.25, -0.2) is 14.6 Å². The number of hydrogen-bond acceptors (Lipinski definition) is 8. The van der Waals surface area contributed by atoms with Crippen LogP contribution in [0.25, 0.3) is 0 Å². The zero-order valence-corrected chi connectivity index (χ0v) is 22.8. The average molecular weight is 527 g/mol. The smallest absolute Gasteiger partial charge is 0.410 e. The molecule has 3 rings (SSSR count). The Morgan fingerprint density at radius 1 is 1.13 bits per heavy atom. The minimum Gasteiger partial charge on any atom is -0.493 e. The van der Waals surface area contributed by atoms with Crippen molar-refractivity contribution in [2.45, 2.75) is 64.1 Å². The van der Waals surface area contributed by atoms with Crippen LogP contribution < -0.4 is 15.4 Å². The van der Waals surface area contributed by atoms with Gasteiger partial charge in [0.15, 0.2) is 0 Å². The number of aromatic nitrogens is 1. The van der Waals surface area contributed by atoms with Crippen LogP contribution >= 0.6 is 0 Å². The fourth-order valence-corrected chi connectivity index (χ4v) is 4.17. The van der Waals surface area contributed by atoms with E-state index >= 15 is 0 Å². The predicted octanol–water partition coefficient (Wildman–Crippen LogP) is 3.34. The van der Waals surface area contributed by atoms with Crippen molar-refractivity contribution in [2.75, 3.05) is 32.6 Å². The summed E-state index contributed by atoms with van der Waals surface area (Å²) in [6.45, 7) is 6.23. The highest BCUT2D eigenvalue weighted by Crippen LogP contribution is 2.22. The molecule has 2 aromatic rings. The molecule has 1 saturated heterocycles. The van der Waals surface area contributed by atoms with Crippen LogP contribution in [-0.4, -0.2) is 72.8 Å². The molecular weight excluding hydrogens is 488 g/mol. The summed E-state index contributed by atoms with van der Waals surface area (Å²) in [5.41, 5.74) is 1.09. The summed E-state index contributed by atoms with van der Waals surface area (Å²) < 4.78 is 16.2. The SMILES string of the molecule is CNc1cccc(CCOc2ccc(C[C@H](NC(=O)C3CCCN3C(=O)OC(C)(C)C)C(=O)OC)cc2)n1. The van der Waals surface area contributed by atoms with Gasteiger partial charge >= 0.3 is 12.1 Å². The molecule has 1 fully saturated rings. The van der Waals surface area contributed by atoms with Crippen LogP contribution in [-0.2, 0) is 31.9 Å². The van der Waals surface area contributed by atoms with Crippen LogP contribution in [0, 0.1) is 0 Å². The first-order valence-electron chi connectivity index (χ1n) is 12.8. The van der Waals surface area contributed by atoms with E-state index in [9.17, 15) is 14.4 Å². The van der Waals surface area contributed by atoms with Gasteiger partial charge in [0.25, 0.3) is 0 Å². The highest BCUT2D eigenvalue weighted by Gasteiger charge is 2.38. The maximum atomic E-state index is 13.1. The van der Waals surface area contributed by atoms with Gasteiger partial charge in [0.2, 0.25) is 5.91 Å². The molecule has 0 spiro atoms. The predicted molar refractivity (Wildman–Crippen MR) is 143 cm³/mol. The number of ether oxygens (including phenoxy) is 3. The van der Waals surface area contributed by atoms with E-state index in [-0.39, 0.29) is 6.42 Å². The number of likely N-dealkylation sites (tertiary alicyclic amines) is 1. The van der Waals surface area contributed by atoms with Gasteiger partial charge in [-0.15, -0.1) is 0 Å². The molecule has 10 heteroatoms. The van der Waals surface area contributed by atoms with E-state index < -0.39 is 35.7 Å². The van der Waals surface area contributed by atoms with Crippen LogP contribution in [0.1, 0.15) is 44.9 Å². The number of pyridine rings is 1. The first-order valence-corrected chi connectivity index (χ1v) is 12.8. The monoisotopic (exact) mass is 526 g/mol. The third-order valence-corrected chi connectivity index (χ3v) is 6.04. The summed E-state index contributed by atoms with van der Waals surface area (Å²) in [5.74, 6) is 0.539. The van der Waals surface area contributed by atoms with Crippen LogP contribution in [0.5, 0.6) is 5.75 Å². The molecule has 0 radical (unpaired) electrons. The van der Waals surface area contributed by atoms with Gasteiger partial charge in [-0.05, 0) is 63.4 Å². The molecule has 1 unspecified atom stereocenters. The summed E-state index contributed by atoms with van der Waals surface area (Å²) in [4.78, 5) is 44.0. The molecule has 2 atom stereocenters. The van der Waals surface area contributed by atoms with Crippen LogP contribution in [0.15, 0.2) is 42.5 Å². The molecule has 10 nitrogen and oxygen atoms in total. The number of benzene rings is 1. The number of nitrogens with one attached hydrogen (secondary N) is 2. The van der Waals surface area contributed by atoms with E-state index in [0.29, 0.717) is 38.2 Å². The molecule has 0 bridgehead atoms. The maximum Gasteiger partial charge on any atom is 0.410 e. The topological polar surface area (TPSA) is 119 Å². The molecule has 0 saturated carbocycles. The molecule has 1 aromatic carbocycles. The van der Waals surface area contributed by atoms with Crippen molar-refractivity contribution in [3.63, 3.8) is 0 Å². The van der Waals surface area contributed by atoms with Gasteiger partial charge in [0.05, 0.1) is 13.7 Å². The Hall–Kier alpha value is -3.82. The van der Waals surface area contributed by atoms with E-state index in [1.54, 1.807) is 20.8 Å². The van der Waals surface area contributed by atoms with Crippen molar-refractivity contribution in [3.8, 4) is 5.75 Å². The number of anilines is 1. The molecule has 206 valence electrons. The zero-order valence-electron chi connectivity index (χ0n) is 22.8. The van der Waals surface area contributed by atoms with E-state index in [1.165, 1.54) is 12.0 Å². The van der Waals surface area contributed by atoms with Crippen molar-refractivity contribution in [3.05, 3.63) is 53.7 Å². The van der Waals surface area contributed by atoms with Gasteiger partial charge in [0.1, 0.15) is 29.3 Å². The van der Waals surface area contributed by atoms with Gasteiger partial charge in [-0.1, -0.05) is 18.2 Å². The normalized spacial score (nSPS) is 15.9. The Bertz CT molecular complexity index is 1100. The summed E-state index contributed by atoms with van der Waals surface area (Å²) in [5, 5.41) is 5.79. The molecule has 2 N–H and O–H groups in total. The Morgan fingerprint density at radius 2 is 1.87 bits per heavy atom. The highest BCUT2D eigenvalue weighted by atomic mass is 16.6. The lowest BCUT2D eigenvalue weighted by molar-refractivity contribution is -0.145. The summed E-state index contributed by atoms with van der Waals surface area (Å²) in [7, 11) is 3.11. The lowest BCUT2D eigenvalue weighted by Gasteiger charge is -2.28. The average Bonchev–Trinajstić information content (AvgIpc) is 3.38. The van der Waals surface area contributed by atoms with E-state index in [2.05, 4.69) is 15.6 Å². The molecular formula is C28H38N4O6. The maximum absolute atomic E-state index is 13.1. The largest absolute Gasteiger partial charge is 0.493 e. The number of carbonyl (C=O) groups excluding carboxylic acids is 3. The molecule has 2 heterocycles. The Labute approximate surface area is 224 Å². The lowest BCUT2D eigenvalue weighted by atomic mass is 10.0. The minimum atomic E-state index is -0.897. The Morgan fingerprint density at radius 3 is 2.53 bits per heavy atom. The van der Waals surface area contributed by atoms with Crippen molar-refractivity contribution >= 4 is 23.8 Å². The molecule has 1 aliphatic rings. The standard InChI is InChI=1S/C28H38N4O6/c1-28(2,3)38-27(35)32-16-7-9-23(32)25(33)31-22(26(34)36-5)18-19-11-13-21(14-12-19)37-17-15-20-8-6-10-24(29-4)30-20/h6,8,10-14,22-23H,7,9,15-18H2,1-5H3,(H,29,30)(H,31,33)/t22-,23?/m0/s1. The third-order valence-electron chi connectivity index (χ3n) is 6.04. The second-order valence-corrected chi connectivity index (χ2v) is 10.1. The number of nitrogens with zero attached hydrogens (tertiary/aromatic N) is 2. The first kappa shape index (κ1) is 28.7. The number of methoxy groups -OCH3 is 1. The van der Waals surface area contributed by atoms with Crippen LogP contribution in [0.4, 0.5) is 10.6 Å². The first-order chi connectivity index (χ1) is 18.1. The van der Waals surface area contributed by atoms with E-state index in [4.69, 9.17) is 14.2 Å². The fraction of sp³-hybridized carbons (Fsp3) is 0.500. The van der Waals surface area contributed by atoms with Crippen LogP contribution in [0.3, 0.4) is 0 Å². The second kappa shape index (κ2) is 13.1. The summed E-state index contributed by atoms with van der Waals surface area (Å²) in [6, 6.07) is 11.5. The lowest BCUT2D eigenvalue weighted by Crippen LogP contribution is -2.52. The van der Waals surface area contributed by atoms with Crippen molar-refractivity contribution in [1.82, 2.24) is 15.2 Å². The number of rotatable bonds is 10. The number of hydrogen-bond donors (Lipinski definition) is 2. The minimum absolute atomic E-state index is 0.235. The fourth-order valence-electron chi connectivity index (χ4n) is 4.17. The van der Waals surface area contributed by atoms with Crippen molar-refractivity contribution in [2.24, 2.45) is 0 Å². The third kappa shape index (κ3) is 8.36.